The molecule has 2 rings (SSSR count). The number of para-hydroxylation sites is 2. The Morgan fingerprint density at radius 1 is 0.581 bits per heavy atom. The van der Waals surface area contributed by atoms with Gasteiger partial charge in [-0.3, -0.25) is 0 Å². The Bertz CT molecular complexity index is 627. The molecular weight excluding hydrogens is 402 g/mol. The van der Waals surface area contributed by atoms with Crippen LogP contribution in [-0.2, 0) is 13.3 Å². The number of anilines is 2. The monoisotopic (exact) mass is 443 g/mol. The second-order valence-corrected chi connectivity index (χ2v) is 10.4. The SMILES string of the molecule is CCO[Si](CCCCCCCCN(c1ccccc1)c1ccccc1)(OCC)OCC. The lowest BCUT2D eigenvalue weighted by atomic mass is 10.1. The van der Waals surface area contributed by atoms with Crippen molar-refractivity contribution in [3.63, 3.8) is 0 Å². The van der Waals surface area contributed by atoms with Crippen molar-refractivity contribution < 1.29 is 13.3 Å². The Morgan fingerprint density at radius 2 is 1.00 bits per heavy atom. The van der Waals surface area contributed by atoms with Gasteiger partial charge in [-0.15, -0.1) is 0 Å². The van der Waals surface area contributed by atoms with Crippen LogP contribution in [0, 0.1) is 0 Å². The van der Waals surface area contributed by atoms with Crippen LogP contribution >= 0.6 is 0 Å². The smallest absolute Gasteiger partial charge is 0.374 e. The van der Waals surface area contributed by atoms with Crippen LogP contribution in [0.25, 0.3) is 0 Å². The third-order valence-electron chi connectivity index (χ3n) is 5.34. The average molecular weight is 444 g/mol. The Morgan fingerprint density at radius 3 is 1.45 bits per heavy atom. The molecule has 0 atom stereocenters. The molecule has 0 radical (unpaired) electrons. The maximum absolute atomic E-state index is 5.95. The van der Waals surface area contributed by atoms with Gasteiger partial charge in [0.05, 0.1) is 0 Å². The minimum Gasteiger partial charge on any atom is -0.374 e. The van der Waals surface area contributed by atoms with E-state index in [-0.39, 0.29) is 0 Å². The molecule has 0 unspecified atom stereocenters. The van der Waals surface area contributed by atoms with E-state index in [9.17, 15) is 0 Å². The minimum atomic E-state index is -2.47. The number of hydrogen-bond donors (Lipinski definition) is 0. The summed E-state index contributed by atoms with van der Waals surface area (Å²) in [5, 5.41) is 0. The first-order valence-electron chi connectivity index (χ1n) is 12.0. The normalized spacial score (nSPS) is 11.6. The summed E-state index contributed by atoms with van der Waals surface area (Å²) in [6, 6.07) is 22.3. The molecule has 31 heavy (non-hydrogen) atoms. The van der Waals surface area contributed by atoms with Crippen LogP contribution in [-0.4, -0.2) is 35.2 Å². The van der Waals surface area contributed by atoms with Crippen molar-refractivity contribution in [3.05, 3.63) is 60.7 Å². The predicted octanol–water partition coefficient (Wildman–Crippen LogP) is 7.21. The van der Waals surface area contributed by atoms with Gasteiger partial charge >= 0.3 is 8.80 Å². The van der Waals surface area contributed by atoms with Crippen LogP contribution in [0.1, 0.15) is 59.3 Å². The topological polar surface area (TPSA) is 30.9 Å². The molecule has 5 heteroatoms. The standard InChI is InChI=1S/C26H41NO3Si/c1-4-28-31(29-5-2,30-6-3)24-18-10-8-7-9-17-23-27(25-19-13-11-14-20-25)26-21-15-12-16-22-26/h11-16,19-22H,4-10,17-18,23-24H2,1-3H3. The number of hydrogen-bond acceptors (Lipinski definition) is 4. The molecule has 0 fully saturated rings. The van der Waals surface area contributed by atoms with Gasteiger partial charge in [-0.2, -0.15) is 0 Å². The molecule has 0 aromatic heterocycles. The van der Waals surface area contributed by atoms with Crippen LogP contribution in [0.2, 0.25) is 6.04 Å². The van der Waals surface area contributed by atoms with Crippen molar-refractivity contribution >= 4 is 20.2 Å². The summed E-state index contributed by atoms with van der Waals surface area (Å²) in [7, 11) is -2.47. The third kappa shape index (κ3) is 9.15. The molecule has 2 aromatic rings. The van der Waals surface area contributed by atoms with E-state index in [0.717, 1.165) is 19.0 Å². The average Bonchev–Trinajstić information content (AvgIpc) is 2.80. The van der Waals surface area contributed by atoms with Crippen molar-refractivity contribution in [1.82, 2.24) is 0 Å². The second kappa shape index (κ2) is 15.2. The molecule has 0 aliphatic heterocycles. The maximum Gasteiger partial charge on any atom is 0.500 e. The van der Waals surface area contributed by atoms with E-state index in [1.165, 1.54) is 43.5 Å². The van der Waals surface area contributed by atoms with E-state index >= 15 is 0 Å². The first-order valence-corrected chi connectivity index (χ1v) is 14.0. The lowest BCUT2D eigenvalue weighted by molar-refractivity contribution is 0.0706. The highest BCUT2D eigenvalue weighted by molar-refractivity contribution is 6.60. The predicted molar refractivity (Wildman–Crippen MR) is 133 cm³/mol. The van der Waals surface area contributed by atoms with E-state index in [1.54, 1.807) is 0 Å². The first-order chi connectivity index (χ1) is 15.2. The zero-order chi connectivity index (χ0) is 22.2. The van der Waals surface area contributed by atoms with Gasteiger partial charge in [0.2, 0.25) is 0 Å². The minimum absolute atomic E-state index is 0.658. The van der Waals surface area contributed by atoms with Gasteiger partial charge < -0.3 is 18.2 Å². The van der Waals surface area contributed by atoms with E-state index in [0.29, 0.717) is 19.8 Å². The van der Waals surface area contributed by atoms with Crippen molar-refractivity contribution in [3.8, 4) is 0 Å². The summed E-state index contributed by atoms with van der Waals surface area (Å²) in [5.41, 5.74) is 2.52. The zero-order valence-electron chi connectivity index (χ0n) is 19.7. The van der Waals surface area contributed by atoms with Crippen molar-refractivity contribution in [2.24, 2.45) is 0 Å². The molecular formula is C26H41NO3Si. The Labute approximate surface area is 190 Å². The highest BCUT2D eigenvalue weighted by atomic mass is 28.4. The number of nitrogens with zero attached hydrogens (tertiary/aromatic N) is 1. The lowest BCUT2D eigenvalue weighted by Crippen LogP contribution is -2.45. The van der Waals surface area contributed by atoms with E-state index in [2.05, 4.69) is 65.6 Å². The number of benzene rings is 2. The van der Waals surface area contributed by atoms with E-state index in [1.807, 2.05) is 20.8 Å². The van der Waals surface area contributed by atoms with E-state index < -0.39 is 8.80 Å². The van der Waals surface area contributed by atoms with Crippen LogP contribution in [0.5, 0.6) is 0 Å². The number of rotatable bonds is 17. The lowest BCUT2D eigenvalue weighted by Gasteiger charge is -2.28. The van der Waals surface area contributed by atoms with E-state index in [4.69, 9.17) is 13.3 Å². The molecule has 0 saturated carbocycles. The Kier molecular flexibility index (Phi) is 12.5. The fourth-order valence-corrected chi connectivity index (χ4v) is 6.63. The van der Waals surface area contributed by atoms with Gasteiger partial charge in [0, 0.05) is 43.8 Å². The highest BCUT2D eigenvalue weighted by Crippen LogP contribution is 2.26. The molecule has 0 heterocycles. The zero-order valence-corrected chi connectivity index (χ0v) is 20.7. The van der Waals surface area contributed by atoms with Gasteiger partial charge in [-0.1, -0.05) is 62.1 Å². The Balaban J connectivity index is 1.71. The summed E-state index contributed by atoms with van der Waals surface area (Å²) in [6.07, 6.45) is 7.30. The van der Waals surface area contributed by atoms with Gasteiger partial charge in [0.15, 0.2) is 0 Å². The molecule has 0 bridgehead atoms. The van der Waals surface area contributed by atoms with Gasteiger partial charge in [-0.05, 0) is 57.9 Å². The van der Waals surface area contributed by atoms with Crippen LogP contribution in [0.3, 0.4) is 0 Å². The third-order valence-corrected chi connectivity index (χ3v) is 8.49. The molecule has 0 aliphatic carbocycles. The molecule has 172 valence electrons. The van der Waals surface area contributed by atoms with Gasteiger partial charge in [0.25, 0.3) is 0 Å². The molecule has 0 spiro atoms. The highest BCUT2D eigenvalue weighted by Gasteiger charge is 2.39. The molecule has 4 nitrogen and oxygen atoms in total. The van der Waals surface area contributed by atoms with Crippen LogP contribution in [0.15, 0.2) is 60.7 Å². The fraction of sp³-hybridized carbons (Fsp3) is 0.538. The van der Waals surface area contributed by atoms with Crippen molar-refractivity contribution in [1.29, 1.82) is 0 Å². The molecule has 2 aromatic carbocycles. The maximum atomic E-state index is 5.95. The van der Waals surface area contributed by atoms with Crippen molar-refractivity contribution in [2.75, 3.05) is 31.3 Å². The molecule has 0 aliphatic rings. The van der Waals surface area contributed by atoms with Crippen LogP contribution < -0.4 is 4.90 Å². The summed E-state index contributed by atoms with van der Waals surface area (Å²) in [6.45, 7) is 9.08. The summed E-state index contributed by atoms with van der Waals surface area (Å²) >= 11 is 0. The molecule has 0 N–H and O–H groups in total. The summed E-state index contributed by atoms with van der Waals surface area (Å²) < 4.78 is 17.9. The second-order valence-electron chi connectivity index (χ2n) is 7.68. The number of unbranched alkanes of at least 4 members (excludes halogenated alkanes) is 5. The quantitative estimate of drug-likeness (QED) is 0.191. The Hall–Kier alpha value is -1.66. The molecule has 0 amide bonds. The summed E-state index contributed by atoms with van der Waals surface area (Å²) in [5.74, 6) is 0. The van der Waals surface area contributed by atoms with Crippen LogP contribution in [0.4, 0.5) is 11.4 Å². The van der Waals surface area contributed by atoms with Gasteiger partial charge in [-0.25, -0.2) is 0 Å². The fourth-order valence-electron chi connectivity index (χ4n) is 3.94. The largest absolute Gasteiger partial charge is 0.500 e. The molecule has 0 saturated heterocycles. The first kappa shape index (κ1) is 25.6. The van der Waals surface area contributed by atoms with Crippen molar-refractivity contribution in [2.45, 2.75) is 65.3 Å². The van der Waals surface area contributed by atoms with Gasteiger partial charge in [0.1, 0.15) is 0 Å². The summed E-state index contributed by atoms with van der Waals surface area (Å²) in [4.78, 5) is 2.42.